The Balaban J connectivity index is 1.93. The molecule has 0 aromatic heterocycles. The van der Waals surface area contributed by atoms with Crippen molar-refractivity contribution >= 4 is 27.5 Å². The molecule has 4 nitrogen and oxygen atoms in total. The molecule has 0 aliphatic carbocycles. The topological polar surface area (TPSA) is 32.8 Å². The normalized spacial score (nSPS) is 16.4. The van der Waals surface area contributed by atoms with Gasteiger partial charge in [0.05, 0.1) is 18.9 Å². The molecule has 2 aromatic rings. The van der Waals surface area contributed by atoms with Gasteiger partial charge in [0.2, 0.25) is 5.91 Å². The zero-order valence-corrected chi connectivity index (χ0v) is 15.6. The predicted octanol–water partition coefficient (Wildman–Crippen LogP) is 3.62. The predicted molar refractivity (Wildman–Crippen MR) is 99.1 cm³/mol. The van der Waals surface area contributed by atoms with Gasteiger partial charge in [-0.05, 0) is 39.7 Å². The summed E-state index contributed by atoms with van der Waals surface area (Å²) in [5, 5.41) is 0. The van der Waals surface area contributed by atoms with Crippen molar-refractivity contribution in [1.82, 2.24) is 4.90 Å². The van der Waals surface area contributed by atoms with Crippen molar-refractivity contribution < 1.29 is 13.9 Å². The zero-order chi connectivity index (χ0) is 17.8. The van der Waals surface area contributed by atoms with Crippen molar-refractivity contribution in [2.45, 2.75) is 6.04 Å². The summed E-state index contributed by atoms with van der Waals surface area (Å²) in [4.78, 5) is 17.0. The number of morpholine rings is 1. The first kappa shape index (κ1) is 18.0. The Kier molecular flexibility index (Phi) is 5.83. The van der Waals surface area contributed by atoms with Crippen molar-refractivity contribution in [3.63, 3.8) is 0 Å². The van der Waals surface area contributed by atoms with Crippen LogP contribution in [-0.4, -0.2) is 44.2 Å². The third-order valence-electron chi connectivity index (χ3n) is 4.36. The highest BCUT2D eigenvalue weighted by Gasteiger charge is 2.32. The van der Waals surface area contributed by atoms with E-state index in [4.69, 9.17) is 4.74 Å². The number of carbonyl (C=O) groups is 1. The summed E-state index contributed by atoms with van der Waals surface area (Å²) in [7, 11) is 1.72. The van der Waals surface area contributed by atoms with E-state index >= 15 is 0 Å². The van der Waals surface area contributed by atoms with E-state index in [1.807, 2.05) is 30.3 Å². The van der Waals surface area contributed by atoms with Crippen LogP contribution in [0.2, 0.25) is 0 Å². The van der Waals surface area contributed by atoms with Gasteiger partial charge < -0.3 is 9.64 Å². The number of nitrogens with zero attached hydrogens (tertiary/aromatic N) is 2. The molecule has 1 aliphatic heterocycles. The van der Waals surface area contributed by atoms with Crippen molar-refractivity contribution in [1.29, 1.82) is 0 Å². The van der Waals surface area contributed by atoms with Gasteiger partial charge >= 0.3 is 0 Å². The summed E-state index contributed by atoms with van der Waals surface area (Å²) >= 11 is 3.35. The summed E-state index contributed by atoms with van der Waals surface area (Å²) in [5.41, 5.74) is 1.58. The van der Waals surface area contributed by atoms with E-state index in [1.54, 1.807) is 18.0 Å². The molecule has 1 unspecified atom stereocenters. The Morgan fingerprint density at radius 2 is 1.88 bits per heavy atom. The molecular weight excluding hydrogens is 387 g/mol. The molecule has 132 valence electrons. The van der Waals surface area contributed by atoms with Gasteiger partial charge in [0.25, 0.3) is 0 Å². The number of rotatable bonds is 4. The number of hydrogen-bond donors (Lipinski definition) is 0. The molecule has 0 bridgehead atoms. The lowest BCUT2D eigenvalue weighted by atomic mass is 10.0. The standard InChI is InChI=1S/C19H20BrFN2O2/c1-22(17-8-7-15(21)13-16(17)20)19(24)18(14-5-3-2-4-6-14)23-9-11-25-12-10-23/h2-8,13,18H,9-12H2,1H3. The Morgan fingerprint density at radius 1 is 1.20 bits per heavy atom. The van der Waals surface area contributed by atoms with Gasteiger partial charge in [0, 0.05) is 24.6 Å². The molecule has 1 amide bonds. The van der Waals surface area contributed by atoms with E-state index in [0.29, 0.717) is 36.5 Å². The van der Waals surface area contributed by atoms with E-state index in [-0.39, 0.29) is 11.7 Å². The molecule has 3 rings (SSSR count). The Labute approximate surface area is 155 Å². The van der Waals surface area contributed by atoms with Crippen LogP contribution in [0.4, 0.5) is 10.1 Å². The summed E-state index contributed by atoms with van der Waals surface area (Å²) in [6, 6.07) is 13.7. The van der Waals surface area contributed by atoms with Crippen LogP contribution in [0, 0.1) is 5.82 Å². The third-order valence-corrected chi connectivity index (χ3v) is 5.00. The molecule has 0 spiro atoms. The molecule has 25 heavy (non-hydrogen) atoms. The Morgan fingerprint density at radius 3 is 2.52 bits per heavy atom. The van der Waals surface area contributed by atoms with Gasteiger partial charge in [-0.15, -0.1) is 0 Å². The third kappa shape index (κ3) is 4.08. The van der Waals surface area contributed by atoms with Gasteiger partial charge in [0.1, 0.15) is 11.9 Å². The summed E-state index contributed by atoms with van der Waals surface area (Å²) in [6.07, 6.45) is 0. The van der Waals surface area contributed by atoms with Crippen LogP contribution >= 0.6 is 15.9 Å². The molecule has 1 saturated heterocycles. The van der Waals surface area contributed by atoms with Crippen molar-refractivity contribution in [2.24, 2.45) is 0 Å². The van der Waals surface area contributed by atoms with Crippen LogP contribution in [-0.2, 0) is 9.53 Å². The van der Waals surface area contributed by atoms with E-state index < -0.39 is 6.04 Å². The first-order chi connectivity index (χ1) is 12.1. The minimum atomic E-state index is -0.396. The van der Waals surface area contributed by atoms with Gasteiger partial charge in [-0.25, -0.2) is 4.39 Å². The fraction of sp³-hybridized carbons (Fsp3) is 0.316. The SMILES string of the molecule is CN(C(=O)C(c1ccccc1)N1CCOCC1)c1ccc(F)cc1Br. The molecule has 0 N–H and O–H groups in total. The van der Waals surface area contributed by atoms with Gasteiger partial charge in [-0.2, -0.15) is 0 Å². The highest BCUT2D eigenvalue weighted by atomic mass is 79.9. The molecule has 0 radical (unpaired) electrons. The second kappa shape index (κ2) is 8.08. The number of carbonyl (C=O) groups excluding carboxylic acids is 1. The van der Waals surface area contributed by atoms with Crippen LogP contribution in [0.25, 0.3) is 0 Å². The van der Waals surface area contributed by atoms with Crippen LogP contribution in [0.15, 0.2) is 53.0 Å². The lowest BCUT2D eigenvalue weighted by Gasteiger charge is -2.36. The number of hydrogen-bond acceptors (Lipinski definition) is 3. The second-order valence-corrected chi connectivity index (χ2v) is 6.81. The maximum absolute atomic E-state index is 13.4. The average Bonchev–Trinajstić information content (AvgIpc) is 2.63. The fourth-order valence-corrected chi connectivity index (χ4v) is 3.65. The first-order valence-electron chi connectivity index (χ1n) is 8.17. The maximum Gasteiger partial charge on any atom is 0.248 e. The number of ether oxygens (including phenoxy) is 1. The molecular formula is C19H20BrFN2O2. The van der Waals surface area contributed by atoms with E-state index in [0.717, 1.165) is 5.56 Å². The smallest absolute Gasteiger partial charge is 0.248 e. The van der Waals surface area contributed by atoms with E-state index in [9.17, 15) is 9.18 Å². The van der Waals surface area contributed by atoms with Crippen molar-refractivity contribution in [3.05, 3.63) is 64.4 Å². The zero-order valence-electron chi connectivity index (χ0n) is 14.0. The highest BCUT2D eigenvalue weighted by molar-refractivity contribution is 9.10. The number of benzene rings is 2. The summed E-state index contributed by atoms with van der Waals surface area (Å²) < 4.78 is 19.4. The van der Waals surface area contributed by atoms with Gasteiger partial charge in [-0.1, -0.05) is 30.3 Å². The molecule has 1 atom stereocenters. The van der Waals surface area contributed by atoms with Crippen molar-refractivity contribution in [3.8, 4) is 0 Å². The lowest BCUT2D eigenvalue weighted by molar-refractivity contribution is -0.125. The van der Waals surface area contributed by atoms with Crippen LogP contribution < -0.4 is 4.90 Å². The molecule has 1 heterocycles. The van der Waals surface area contributed by atoms with Crippen LogP contribution in [0.3, 0.4) is 0 Å². The minimum Gasteiger partial charge on any atom is -0.379 e. The number of halogens is 2. The van der Waals surface area contributed by atoms with E-state index in [1.165, 1.54) is 12.1 Å². The lowest BCUT2D eigenvalue weighted by Crippen LogP contribution is -2.46. The van der Waals surface area contributed by atoms with E-state index in [2.05, 4.69) is 20.8 Å². The Hall–Kier alpha value is -1.76. The maximum atomic E-state index is 13.4. The molecule has 6 heteroatoms. The fourth-order valence-electron chi connectivity index (χ4n) is 3.04. The summed E-state index contributed by atoms with van der Waals surface area (Å²) in [6.45, 7) is 2.62. The minimum absolute atomic E-state index is 0.0552. The van der Waals surface area contributed by atoms with Gasteiger partial charge in [0.15, 0.2) is 0 Å². The van der Waals surface area contributed by atoms with Crippen LogP contribution in [0.5, 0.6) is 0 Å². The average molecular weight is 407 g/mol. The quantitative estimate of drug-likeness (QED) is 0.776. The molecule has 0 saturated carbocycles. The molecule has 1 fully saturated rings. The summed E-state index contributed by atoms with van der Waals surface area (Å²) in [5.74, 6) is -0.398. The number of anilines is 1. The largest absolute Gasteiger partial charge is 0.379 e. The Bertz CT molecular complexity index is 735. The molecule has 2 aromatic carbocycles. The van der Waals surface area contributed by atoms with Crippen molar-refractivity contribution in [2.75, 3.05) is 38.3 Å². The molecule has 1 aliphatic rings. The van der Waals surface area contributed by atoms with Crippen LogP contribution in [0.1, 0.15) is 11.6 Å². The number of likely N-dealkylation sites (N-methyl/N-ethyl adjacent to an activating group) is 1. The van der Waals surface area contributed by atoms with Gasteiger partial charge in [-0.3, -0.25) is 9.69 Å². The number of amides is 1. The highest BCUT2D eigenvalue weighted by Crippen LogP contribution is 2.30. The monoisotopic (exact) mass is 406 g/mol. The first-order valence-corrected chi connectivity index (χ1v) is 8.96. The second-order valence-electron chi connectivity index (χ2n) is 5.95.